The molecule has 1 saturated carbocycles. The van der Waals surface area contributed by atoms with Crippen molar-refractivity contribution in [3.05, 3.63) is 87.5 Å². The van der Waals surface area contributed by atoms with Gasteiger partial charge in [-0.25, -0.2) is 4.98 Å². The van der Waals surface area contributed by atoms with Gasteiger partial charge in [0.05, 0.1) is 22.3 Å². The Labute approximate surface area is 409 Å². The molecule has 1 aliphatic carbocycles. The van der Waals surface area contributed by atoms with Crippen LogP contribution in [0.4, 0.5) is 5.82 Å². The van der Waals surface area contributed by atoms with Crippen molar-refractivity contribution in [2.45, 2.75) is 117 Å². The normalized spacial score (nSPS) is 21.7. The number of carbonyl (C=O) groups is 5. The molecule has 68 heavy (non-hydrogen) atoms. The highest BCUT2D eigenvalue weighted by atomic mass is 35.5. The minimum Gasteiger partial charge on any atom is -0.489 e. The third-order valence-corrected chi connectivity index (χ3v) is 13.9. The Kier molecular flexibility index (Phi) is 17.0. The number of aromatic nitrogens is 1. The minimum atomic E-state index is -1.01. The minimum absolute atomic E-state index is 0.0400. The summed E-state index contributed by atoms with van der Waals surface area (Å²) < 4.78 is 6.36. The molecule has 0 unspecified atom stereocenters. The number of hydrogen-bond donors (Lipinski definition) is 5. The van der Waals surface area contributed by atoms with Crippen LogP contribution in [-0.4, -0.2) is 125 Å². The van der Waals surface area contributed by atoms with Crippen LogP contribution in [0.25, 0.3) is 0 Å². The van der Waals surface area contributed by atoms with E-state index in [1.807, 2.05) is 19.9 Å². The number of benzene rings is 2. The molecule has 3 heterocycles. The van der Waals surface area contributed by atoms with Crippen LogP contribution < -0.4 is 30.9 Å². The second-order valence-corrected chi connectivity index (χ2v) is 20.7. The highest BCUT2D eigenvalue weighted by molar-refractivity contribution is 6.31. The average Bonchev–Trinajstić information content (AvgIpc) is 3.70. The number of anilines is 1. The van der Waals surface area contributed by atoms with E-state index in [2.05, 4.69) is 69.8 Å². The first-order valence-corrected chi connectivity index (χ1v) is 24.1. The summed E-state index contributed by atoms with van der Waals surface area (Å²) in [6.45, 7) is 17.5. The molecule has 366 valence electrons. The van der Waals surface area contributed by atoms with Gasteiger partial charge in [0.2, 0.25) is 23.6 Å². The second-order valence-electron chi connectivity index (χ2n) is 19.9. The number of nitrogens with zero attached hydrogens (tertiary/aromatic N) is 5. The summed E-state index contributed by atoms with van der Waals surface area (Å²) in [4.78, 5) is 77.3. The maximum atomic E-state index is 13.6. The molecule has 4 atom stereocenters. The number of halogens is 2. The lowest BCUT2D eigenvalue weighted by Gasteiger charge is -2.63. The quantitative estimate of drug-likeness (QED) is 0.114. The van der Waals surface area contributed by atoms with E-state index >= 15 is 0 Å². The Balaban J connectivity index is 0.915. The molecule has 16 nitrogen and oxygen atoms in total. The molecule has 5 N–H and O–H groups in total. The predicted octanol–water partition coefficient (Wildman–Crippen LogP) is 5.09. The van der Waals surface area contributed by atoms with E-state index in [1.54, 1.807) is 54.7 Å². The highest BCUT2D eigenvalue weighted by Crippen LogP contribution is 2.55. The van der Waals surface area contributed by atoms with Gasteiger partial charge in [0.25, 0.3) is 5.91 Å². The number of hydrogen-bond acceptors (Lipinski definition) is 11. The number of ether oxygens (including phenoxy) is 1. The average molecular weight is 975 g/mol. The Morgan fingerprint density at radius 3 is 2.25 bits per heavy atom. The number of amides is 5. The summed E-state index contributed by atoms with van der Waals surface area (Å²) in [7, 11) is 0. The summed E-state index contributed by atoms with van der Waals surface area (Å²) in [5, 5.41) is 32.2. The SMILES string of the molecule is CC(C)C[C@H](NC(=O)CCCN1CCN(c2ccc(C(=O)NC3C(C)(C)C(Oc4ccc(C#N)c(Cl)c4)C3(C)C)cn2)CC1)C(=O)N[C@@H](C)C(=O)N1C[C@H](O)C[C@H]1C(=O)NCc1ccc(Cl)cc1. The molecule has 2 aromatic carbocycles. The van der Waals surface area contributed by atoms with Crippen molar-refractivity contribution in [2.75, 3.05) is 44.2 Å². The lowest BCUT2D eigenvalue weighted by Crippen LogP contribution is -2.74. The maximum Gasteiger partial charge on any atom is 0.253 e. The molecule has 3 fully saturated rings. The van der Waals surface area contributed by atoms with Gasteiger partial charge in [-0.2, -0.15) is 5.26 Å². The Morgan fingerprint density at radius 2 is 1.63 bits per heavy atom. The molecule has 3 aromatic rings. The molecule has 2 aliphatic heterocycles. The number of aliphatic hydroxyl groups is 1. The van der Waals surface area contributed by atoms with Crippen LogP contribution in [0.15, 0.2) is 60.8 Å². The number of aliphatic hydroxyl groups excluding tert-OH is 1. The number of nitrogens with one attached hydrogen (secondary N) is 4. The molecule has 3 aliphatic rings. The van der Waals surface area contributed by atoms with Crippen LogP contribution in [0.3, 0.4) is 0 Å². The molecule has 0 bridgehead atoms. The van der Waals surface area contributed by atoms with Gasteiger partial charge in [-0.1, -0.05) is 76.9 Å². The molecular formula is C50H65Cl2N9O7. The van der Waals surface area contributed by atoms with Crippen molar-refractivity contribution in [3.8, 4) is 11.8 Å². The molecule has 1 aromatic heterocycles. The number of carbonyl (C=O) groups excluding carboxylic acids is 5. The van der Waals surface area contributed by atoms with Crippen molar-refractivity contribution in [3.63, 3.8) is 0 Å². The summed E-state index contributed by atoms with van der Waals surface area (Å²) in [6.07, 6.45) is 1.74. The summed E-state index contributed by atoms with van der Waals surface area (Å²) >= 11 is 12.2. The van der Waals surface area contributed by atoms with Crippen LogP contribution in [0.2, 0.25) is 10.0 Å². The van der Waals surface area contributed by atoms with Crippen molar-refractivity contribution in [2.24, 2.45) is 16.7 Å². The largest absolute Gasteiger partial charge is 0.489 e. The first-order chi connectivity index (χ1) is 32.2. The van der Waals surface area contributed by atoms with Crippen LogP contribution in [0.5, 0.6) is 5.75 Å². The monoisotopic (exact) mass is 973 g/mol. The first kappa shape index (κ1) is 51.9. The van der Waals surface area contributed by atoms with E-state index in [0.717, 1.165) is 37.6 Å². The van der Waals surface area contributed by atoms with Gasteiger partial charge in [0, 0.05) is 86.3 Å². The van der Waals surface area contributed by atoms with Crippen molar-refractivity contribution < 1.29 is 33.8 Å². The summed E-state index contributed by atoms with van der Waals surface area (Å²) in [6, 6.07) is 14.8. The Bertz CT molecular complexity index is 2320. The zero-order valence-corrected chi connectivity index (χ0v) is 41.5. The molecule has 6 rings (SSSR count). The smallest absolute Gasteiger partial charge is 0.253 e. The number of piperazine rings is 1. The molecule has 18 heteroatoms. The fraction of sp³-hybridized carbons (Fsp3) is 0.540. The van der Waals surface area contributed by atoms with Crippen LogP contribution >= 0.6 is 23.2 Å². The van der Waals surface area contributed by atoms with Gasteiger partial charge in [-0.15, -0.1) is 0 Å². The molecule has 0 radical (unpaired) electrons. The van der Waals surface area contributed by atoms with Crippen molar-refractivity contribution >= 4 is 58.6 Å². The van der Waals surface area contributed by atoms with E-state index in [1.165, 1.54) is 11.8 Å². The molecular weight excluding hydrogens is 910 g/mol. The van der Waals surface area contributed by atoms with E-state index < -0.39 is 52.8 Å². The number of nitriles is 1. The van der Waals surface area contributed by atoms with E-state index in [9.17, 15) is 34.3 Å². The van der Waals surface area contributed by atoms with Gasteiger partial charge in [0.1, 0.15) is 41.9 Å². The fourth-order valence-corrected chi connectivity index (χ4v) is 10.3. The number of β-amino-alcohol motifs (C(OH)–C–C–N with tert-alkyl or cyclic N) is 1. The van der Waals surface area contributed by atoms with Gasteiger partial charge in [-0.3, -0.25) is 28.9 Å². The summed E-state index contributed by atoms with van der Waals surface area (Å²) in [5.74, 6) is -0.460. The third-order valence-electron chi connectivity index (χ3n) is 13.3. The highest BCUT2D eigenvalue weighted by Gasteiger charge is 2.64. The standard InChI is InChI=1S/C50H65Cl2N9O7/c1-30(2)23-39(44(65)56-31(3)46(67)61-29-36(62)24-40(61)45(66)55-27-32-10-14-35(51)15-11-32)57-42(63)9-8-18-59-19-21-60(22-20-59)41-17-13-34(28-54-41)43(64)58-47-49(4,5)48(50(47,6)7)68-37-16-12-33(26-53)38(52)25-37/h10-17,25,28,30-31,36,39-40,47-48,62H,8-9,18-24,27,29H2,1-7H3,(H,55,66)(H,56,65)(H,57,63)(H,58,64)/t31-,36+,39-,40-,47?,48?/m0/s1. The van der Waals surface area contributed by atoms with Gasteiger partial charge in [0.15, 0.2) is 0 Å². The van der Waals surface area contributed by atoms with Crippen molar-refractivity contribution in [1.82, 2.24) is 36.1 Å². The van der Waals surface area contributed by atoms with Crippen LogP contribution in [0.1, 0.15) is 95.6 Å². The third kappa shape index (κ3) is 12.6. The number of rotatable bonds is 18. The van der Waals surface area contributed by atoms with Crippen LogP contribution in [-0.2, 0) is 25.7 Å². The van der Waals surface area contributed by atoms with Gasteiger partial charge in [-0.05, 0) is 74.2 Å². The Morgan fingerprint density at radius 1 is 0.941 bits per heavy atom. The zero-order valence-electron chi connectivity index (χ0n) is 40.0. The van der Waals surface area contributed by atoms with E-state index in [-0.39, 0.29) is 55.8 Å². The predicted molar refractivity (Wildman–Crippen MR) is 260 cm³/mol. The number of likely N-dealkylation sites (tertiary alicyclic amines) is 1. The number of pyridine rings is 1. The van der Waals surface area contributed by atoms with Gasteiger partial charge >= 0.3 is 0 Å². The molecule has 5 amide bonds. The first-order valence-electron chi connectivity index (χ1n) is 23.4. The topological polar surface area (TPSA) is 209 Å². The Hall–Kier alpha value is -5.47. The van der Waals surface area contributed by atoms with Gasteiger partial charge < -0.3 is 40.9 Å². The fourth-order valence-electron chi connectivity index (χ4n) is 9.99. The lowest BCUT2D eigenvalue weighted by atomic mass is 9.49. The molecule has 2 saturated heterocycles. The maximum absolute atomic E-state index is 13.6. The van der Waals surface area contributed by atoms with Crippen molar-refractivity contribution in [1.29, 1.82) is 5.26 Å². The second kappa shape index (κ2) is 22.3. The lowest BCUT2D eigenvalue weighted by molar-refractivity contribution is -0.164. The van der Waals surface area contributed by atoms with E-state index in [4.69, 9.17) is 27.9 Å². The molecule has 0 spiro atoms. The van der Waals surface area contributed by atoms with Crippen LogP contribution in [0, 0.1) is 28.1 Å². The zero-order chi connectivity index (χ0) is 49.5. The van der Waals surface area contributed by atoms with E-state index in [0.29, 0.717) is 46.3 Å². The summed E-state index contributed by atoms with van der Waals surface area (Å²) in [5.41, 5.74) is 0.860.